The van der Waals surface area contributed by atoms with Crippen LogP contribution in [0.1, 0.15) is 36.2 Å². The molecule has 1 aromatic heterocycles. The standard InChI is InChI=1S/C12H17N3O4/c1-14(9-4-2-8(13)3-5-9)12(16)10-6-7-11(19-10)15(17)18/h6-9H,2-5,13H2,1H3. The number of nitrogens with zero attached hydrogens (tertiary/aromatic N) is 2. The summed E-state index contributed by atoms with van der Waals surface area (Å²) in [5.74, 6) is -0.736. The molecule has 1 saturated carbocycles. The number of nitro groups is 1. The van der Waals surface area contributed by atoms with Gasteiger partial charge in [-0.3, -0.25) is 14.9 Å². The molecule has 1 heterocycles. The van der Waals surface area contributed by atoms with E-state index in [4.69, 9.17) is 10.2 Å². The number of carbonyl (C=O) groups excluding carboxylic acids is 1. The van der Waals surface area contributed by atoms with Crippen LogP contribution in [-0.4, -0.2) is 34.9 Å². The van der Waals surface area contributed by atoms with Gasteiger partial charge in [0.1, 0.15) is 4.92 Å². The zero-order chi connectivity index (χ0) is 14.0. The van der Waals surface area contributed by atoms with Crippen molar-refractivity contribution in [1.82, 2.24) is 4.90 Å². The van der Waals surface area contributed by atoms with Crippen molar-refractivity contribution in [2.45, 2.75) is 37.8 Å². The fourth-order valence-electron chi connectivity index (χ4n) is 2.37. The molecule has 2 rings (SSSR count). The van der Waals surface area contributed by atoms with Crippen molar-refractivity contribution in [1.29, 1.82) is 0 Å². The molecule has 19 heavy (non-hydrogen) atoms. The monoisotopic (exact) mass is 267 g/mol. The highest BCUT2D eigenvalue weighted by molar-refractivity contribution is 5.91. The molecule has 0 spiro atoms. The van der Waals surface area contributed by atoms with Gasteiger partial charge in [-0.2, -0.15) is 0 Å². The quantitative estimate of drug-likeness (QED) is 0.660. The average molecular weight is 267 g/mol. The molecule has 0 aromatic carbocycles. The molecule has 2 N–H and O–H groups in total. The van der Waals surface area contributed by atoms with Crippen molar-refractivity contribution in [3.05, 3.63) is 28.0 Å². The summed E-state index contributed by atoms with van der Waals surface area (Å²) in [6, 6.07) is 2.87. The third kappa shape index (κ3) is 2.93. The van der Waals surface area contributed by atoms with Gasteiger partial charge in [-0.1, -0.05) is 0 Å². The predicted octanol–water partition coefficient (Wildman–Crippen LogP) is 1.53. The van der Waals surface area contributed by atoms with Crippen molar-refractivity contribution >= 4 is 11.8 Å². The first kappa shape index (κ1) is 13.5. The summed E-state index contributed by atoms with van der Waals surface area (Å²) >= 11 is 0. The van der Waals surface area contributed by atoms with Crippen LogP contribution in [0.4, 0.5) is 5.88 Å². The van der Waals surface area contributed by atoms with Crippen molar-refractivity contribution in [3.63, 3.8) is 0 Å². The maximum Gasteiger partial charge on any atom is 0.433 e. The molecule has 1 aliphatic rings. The Morgan fingerprint density at radius 3 is 2.58 bits per heavy atom. The zero-order valence-corrected chi connectivity index (χ0v) is 10.7. The number of rotatable bonds is 3. The van der Waals surface area contributed by atoms with Gasteiger partial charge in [0, 0.05) is 19.1 Å². The molecule has 7 heteroatoms. The van der Waals surface area contributed by atoms with E-state index < -0.39 is 10.8 Å². The van der Waals surface area contributed by atoms with Crippen LogP contribution in [0.2, 0.25) is 0 Å². The van der Waals surface area contributed by atoms with Gasteiger partial charge in [-0.05, 0) is 31.7 Å². The SMILES string of the molecule is CN(C(=O)c1ccc([N+](=O)[O-])o1)C1CCC(N)CC1. The van der Waals surface area contributed by atoms with Crippen LogP contribution in [0.5, 0.6) is 0 Å². The van der Waals surface area contributed by atoms with Crippen molar-refractivity contribution in [2.24, 2.45) is 5.73 Å². The third-order valence-corrected chi connectivity index (χ3v) is 3.59. The Kier molecular flexibility index (Phi) is 3.84. The molecule has 0 aliphatic heterocycles. The molecule has 7 nitrogen and oxygen atoms in total. The van der Waals surface area contributed by atoms with Crippen molar-refractivity contribution in [2.75, 3.05) is 7.05 Å². The smallest absolute Gasteiger partial charge is 0.395 e. The lowest BCUT2D eigenvalue weighted by Crippen LogP contribution is -2.41. The van der Waals surface area contributed by atoms with Crippen LogP contribution in [0.15, 0.2) is 16.5 Å². The Bertz CT molecular complexity index is 477. The van der Waals surface area contributed by atoms with Crippen molar-refractivity contribution < 1.29 is 14.1 Å². The Hall–Kier alpha value is -1.89. The highest BCUT2D eigenvalue weighted by Gasteiger charge is 2.28. The number of hydrogen-bond acceptors (Lipinski definition) is 5. The summed E-state index contributed by atoms with van der Waals surface area (Å²) in [4.78, 5) is 23.6. The molecule has 0 atom stereocenters. The summed E-state index contributed by atoms with van der Waals surface area (Å²) in [5, 5.41) is 10.5. The lowest BCUT2D eigenvalue weighted by atomic mass is 9.91. The van der Waals surface area contributed by atoms with E-state index in [0.29, 0.717) is 0 Å². The van der Waals surface area contributed by atoms with Crippen LogP contribution < -0.4 is 5.73 Å². The molecule has 104 valence electrons. The maximum atomic E-state index is 12.1. The van der Waals surface area contributed by atoms with E-state index in [1.54, 1.807) is 11.9 Å². The second kappa shape index (κ2) is 5.40. The highest BCUT2D eigenvalue weighted by Crippen LogP contribution is 2.24. The minimum absolute atomic E-state index is 0.00377. The lowest BCUT2D eigenvalue weighted by Gasteiger charge is -2.32. The molecule has 0 saturated heterocycles. The van der Waals surface area contributed by atoms with Gasteiger partial charge in [0.15, 0.2) is 5.76 Å². The molecule has 1 fully saturated rings. The van der Waals surface area contributed by atoms with Crippen molar-refractivity contribution in [3.8, 4) is 0 Å². The van der Waals surface area contributed by atoms with E-state index in [1.165, 1.54) is 12.1 Å². The van der Waals surface area contributed by atoms with Crippen LogP contribution in [0.3, 0.4) is 0 Å². The number of hydrogen-bond donors (Lipinski definition) is 1. The fraction of sp³-hybridized carbons (Fsp3) is 0.583. The lowest BCUT2D eigenvalue weighted by molar-refractivity contribution is -0.402. The molecule has 1 aromatic rings. The average Bonchev–Trinajstić information content (AvgIpc) is 2.87. The van der Waals surface area contributed by atoms with E-state index in [2.05, 4.69) is 0 Å². The second-order valence-electron chi connectivity index (χ2n) is 4.88. The molecule has 0 unspecified atom stereocenters. The van der Waals surface area contributed by atoms with Gasteiger partial charge in [0.2, 0.25) is 0 Å². The normalized spacial score (nSPS) is 23.1. The van der Waals surface area contributed by atoms with E-state index in [0.717, 1.165) is 25.7 Å². The van der Waals surface area contributed by atoms with Crippen LogP contribution in [0, 0.1) is 10.1 Å². The first-order valence-electron chi connectivity index (χ1n) is 6.26. The third-order valence-electron chi connectivity index (χ3n) is 3.59. The second-order valence-corrected chi connectivity index (χ2v) is 4.88. The number of amides is 1. The summed E-state index contributed by atoms with van der Waals surface area (Å²) in [6.07, 6.45) is 3.49. The molecule has 0 radical (unpaired) electrons. The summed E-state index contributed by atoms with van der Waals surface area (Å²) in [6.45, 7) is 0. The van der Waals surface area contributed by atoms with Gasteiger partial charge >= 0.3 is 5.88 Å². The van der Waals surface area contributed by atoms with Gasteiger partial charge in [-0.25, -0.2) is 0 Å². The molecule has 0 bridgehead atoms. The van der Waals surface area contributed by atoms with Crippen LogP contribution in [-0.2, 0) is 0 Å². The zero-order valence-electron chi connectivity index (χ0n) is 10.7. The van der Waals surface area contributed by atoms with E-state index in [1.807, 2.05) is 0 Å². The Morgan fingerprint density at radius 2 is 2.05 bits per heavy atom. The first-order chi connectivity index (χ1) is 8.99. The Balaban J connectivity index is 2.03. The summed E-state index contributed by atoms with van der Waals surface area (Å²) in [7, 11) is 1.69. The van der Waals surface area contributed by atoms with E-state index in [9.17, 15) is 14.9 Å². The predicted molar refractivity (Wildman–Crippen MR) is 67.7 cm³/mol. The minimum Gasteiger partial charge on any atom is -0.395 e. The van der Waals surface area contributed by atoms with Gasteiger partial charge in [0.05, 0.1) is 6.07 Å². The first-order valence-corrected chi connectivity index (χ1v) is 6.26. The fourth-order valence-corrected chi connectivity index (χ4v) is 2.37. The molecule has 1 aliphatic carbocycles. The van der Waals surface area contributed by atoms with E-state index >= 15 is 0 Å². The minimum atomic E-state index is -0.656. The van der Waals surface area contributed by atoms with Crippen LogP contribution >= 0.6 is 0 Å². The molecular weight excluding hydrogens is 250 g/mol. The number of carbonyl (C=O) groups is 1. The molecular formula is C12H17N3O4. The largest absolute Gasteiger partial charge is 0.433 e. The van der Waals surface area contributed by atoms with Gasteiger partial charge in [0.25, 0.3) is 5.91 Å². The topological polar surface area (TPSA) is 103 Å². The Morgan fingerprint density at radius 1 is 1.42 bits per heavy atom. The Labute approximate surface area is 110 Å². The highest BCUT2D eigenvalue weighted by atomic mass is 16.6. The van der Waals surface area contributed by atoms with Crippen LogP contribution in [0.25, 0.3) is 0 Å². The van der Waals surface area contributed by atoms with E-state index in [-0.39, 0.29) is 23.8 Å². The molecule has 1 amide bonds. The van der Waals surface area contributed by atoms with Gasteiger partial charge < -0.3 is 15.1 Å². The summed E-state index contributed by atoms with van der Waals surface area (Å²) in [5.41, 5.74) is 5.82. The van der Waals surface area contributed by atoms with Gasteiger partial charge in [-0.15, -0.1) is 0 Å². The number of furan rings is 1. The maximum absolute atomic E-state index is 12.1. The summed E-state index contributed by atoms with van der Waals surface area (Å²) < 4.78 is 4.92. The number of nitrogens with two attached hydrogens (primary N) is 1.